The first-order valence-electron chi connectivity index (χ1n) is 8.07. The van der Waals surface area contributed by atoms with E-state index in [4.69, 9.17) is 32.7 Å². The van der Waals surface area contributed by atoms with Gasteiger partial charge in [0, 0.05) is 29.3 Å². The Balaban J connectivity index is 2.37. The molecule has 1 heterocycles. The van der Waals surface area contributed by atoms with Gasteiger partial charge in [-0.2, -0.15) is 0 Å². The molecule has 6 nitrogen and oxygen atoms in total. The minimum Gasteiger partial charge on any atom is -0.468 e. The minimum atomic E-state index is -0.853. The summed E-state index contributed by atoms with van der Waals surface area (Å²) in [5.74, 6) is -0.603. The van der Waals surface area contributed by atoms with E-state index in [2.05, 4.69) is 5.32 Å². The highest BCUT2D eigenvalue weighted by molar-refractivity contribution is 6.35. The molecular formula is C18H22Cl2N2O4. The maximum atomic E-state index is 12.5. The smallest absolute Gasteiger partial charge is 0.327 e. The number of halogens is 2. The third-order valence-electron chi connectivity index (χ3n) is 4.47. The second-order valence-electron chi connectivity index (χ2n) is 5.99. The number of hydrogen-bond acceptors (Lipinski definition) is 5. The number of nitrogens with zero attached hydrogens (tertiary/aromatic N) is 1. The fourth-order valence-electron chi connectivity index (χ4n) is 2.87. The van der Waals surface area contributed by atoms with Crippen LogP contribution in [0.3, 0.4) is 0 Å². The van der Waals surface area contributed by atoms with Crippen LogP contribution in [0.1, 0.15) is 25.5 Å². The molecule has 2 atom stereocenters. The van der Waals surface area contributed by atoms with Gasteiger partial charge in [0.2, 0.25) is 0 Å². The molecule has 1 N–H and O–H groups in total. The molecule has 0 saturated carbocycles. The van der Waals surface area contributed by atoms with Crippen LogP contribution in [0.25, 0.3) is 0 Å². The number of benzene rings is 1. The monoisotopic (exact) mass is 400 g/mol. The summed E-state index contributed by atoms with van der Waals surface area (Å²) in [5.41, 5.74) is 2.01. The van der Waals surface area contributed by atoms with Crippen molar-refractivity contribution in [2.75, 3.05) is 27.4 Å². The molecular weight excluding hydrogens is 379 g/mol. The molecule has 1 aromatic rings. The fourth-order valence-corrected chi connectivity index (χ4v) is 3.39. The first-order valence-corrected chi connectivity index (χ1v) is 8.83. The highest BCUT2D eigenvalue weighted by atomic mass is 35.5. The van der Waals surface area contributed by atoms with Gasteiger partial charge in [-0.05, 0) is 37.1 Å². The zero-order chi connectivity index (χ0) is 19.4. The summed E-state index contributed by atoms with van der Waals surface area (Å²) in [5, 5.41) is 4.01. The minimum absolute atomic E-state index is 0.0946. The highest BCUT2D eigenvalue weighted by Gasteiger charge is 2.38. The van der Waals surface area contributed by atoms with Crippen molar-refractivity contribution < 1.29 is 19.1 Å². The van der Waals surface area contributed by atoms with Gasteiger partial charge in [-0.25, -0.2) is 4.79 Å². The van der Waals surface area contributed by atoms with Crippen LogP contribution in [0.15, 0.2) is 29.3 Å². The summed E-state index contributed by atoms with van der Waals surface area (Å²) in [4.78, 5) is 26.6. The highest BCUT2D eigenvalue weighted by Crippen LogP contribution is 2.30. The Bertz CT molecular complexity index is 736. The van der Waals surface area contributed by atoms with E-state index in [-0.39, 0.29) is 5.91 Å². The molecule has 0 fully saturated rings. The third-order valence-corrected chi connectivity index (χ3v) is 5.03. The summed E-state index contributed by atoms with van der Waals surface area (Å²) in [7, 11) is 2.87. The first-order chi connectivity index (χ1) is 12.3. The van der Waals surface area contributed by atoms with E-state index in [1.165, 1.54) is 7.11 Å². The van der Waals surface area contributed by atoms with Crippen LogP contribution >= 0.6 is 23.2 Å². The van der Waals surface area contributed by atoms with Crippen LogP contribution in [0, 0.1) is 0 Å². The molecule has 26 heavy (non-hydrogen) atoms. The number of ether oxygens (including phenoxy) is 2. The third kappa shape index (κ3) is 4.20. The van der Waals surface area contributed by atoms with Gasteiger partial charge < -0.3 is 14.4 Å². The van der Waals surface area contributed by atoms with Crippen LogP contribution in [-0.4, -0.2) is 50.3 Å². The summed E-state index contributed by atoms with van der Waals surface area (Å²) in [6, 6.07) is 4.03. The van der Waals surface area contributed by atoms with E-state index < -0.39 is 18.2 Å². The van der Waals surface area contributed by atoms with Gasteiger partial charge in [-0.15, -0.1) is 0 Å². The summed E-state index contributed by atoms with van der Waals surface area (Å²) in [6.45, 7) is 4.40. The van der Waals surface area contributed by atoms with Crippen molar-refractivity contribution in [2.24, 2.45) is 0 Å². The van der Waals surface area contributed by atoms with Gasteiger partial charge in [-0.1, -0.05) is 29.3 Å². The van der Waals surface area contributed by atoms with E-state index in [0.717, 1.165) is 5.57 Å². The van der Waals surface area contributed by atoms with E-state index >= 15 is 0 Å². The van der Waals surface area contributed by atoms with E-state index in [1.807, 2.05) is 6.92 Å². The van der Waals surface area contributed by atoms with Crippen molar-refractivity contribution >= 4 is 35.1 Å². The molecule has 0 bridgehead atoms. The van der Waals surface area contributed by atoms with Crippen molar-refractivity contribution in [3.8, 4) is 0 Å². The van der Waals surface area contributed by atoms with E-state index in [1.54, 1.807) is 37.1 Å². The molecule has 8 heteroatoms. The molecule has 0 radical (unpaired) electrons. The number of carbonyl (C=O) groups excluding carboxylic acids is 2. The van der Waals surface area contributed by atoms with Gasteiger partial charge in [0.25, 0.3) is 5.91 Å². The molecule has 0 saturated heterocycles. The van der Waals surface area contributed by atoms with Crippen molar-refractivity contribution in [1.29, 1.82) is 0 Å². The largest absolute Gasteiger partial charge is 0.468 e. The lowest BCUT2D eigenvalue weighted by Gasteiger charge is -2.30. The number of esters is 1. The number of amides is 1. The van der Waals surface area contributed by atoms with Crippen molar-refractivity contribution in [3.63, 3.8) is 0 Å². The number of hydrogen-bond donors (Lipinski definition) is 1. The van der Waals surface area contributed by atoms with Gasteiger partial charge in [0.05, 0.1) is 13.7 Å². The molecule has 142 valence electrons. The Hall–Kier alpha value is -1.60. The van der Waals surface area contributed by atoms with Crippen LogP contribution < -0.4 is 5.32 Å². The average molecular weight is 401 g/mol. The van der Waals surface area contributed by atoms with Crippen LogP contribution in [0.2, 0.25) is 10.0 Å². The predicted octanol–water partition coefficient (Wildman–Crippen LogP) is 2.95. The number of carbonyl (C=O) groups is 2. The predicted molar refractivity (Wildman–Crippen MR) is 100 cm³/mol. The topological polar surface area (TPSA) is 67.9 Å². The second-order valence-corrected chi connectivity index (χ2v) is 6.83. The Morgan fingerprint density at radius 1 is 1.31 bits per heavy atom. The van der Waals surface area contributed by atoms with Crippen LogP contribution in [-0.2, 0) is 19.1 Å². The molecule has 1 aliphatic heterocycles. The SMILES string of the molecule is COCCN1C(=O)C(C)=C(C)[C@@H]1N[C@@H](C(=O)OC)c1ccc(Cl)cc1Cl. The van der Waals surface area contributed by atoms with Crippen molar-refractivity contribution in [3.05, 3.63) is 45.0 Å². The standard InChI is InChI=1S/C18H22Cl2N2O4/c1-10-11(2)17(23)22(7-8-25-3)16(10)21-15(18(24)26-4)13-6-5-12(19)9-14(13)20/h5-6,9,15-16,21H,7-8H2,1-4H3/t15-,16-/m1/s1. The van der Waals surface area contributed by atoms with Gasteiger partial charge in [-0.3, -0.25) is 10.1 Å². The maximum Gasteiger partial charge on any atom is 0.327 e. The normalized spacial score (nSPS) is 18.5. The zero-order valence-electron chi connectivity index (χ0n) is 15.1. The average Bonchev–Trinajstić information content (AvgIpc) is 2.81. The first kappa shape index (κ1) is 20.7. The fraction of sp³-hybridized carbons (Fsp3) is 0.444. The van der Waals surface area contributed by atoms with E-state index in [0.29, 0.717) is 34.3 Å². The quantitative estimate of drug-likeness (QED) is 0.712. The molecule has 1 aliphatic rings. The number of rotatable bonds is 7. The molecule has 0 spiro atoms. The molecule has 0 aromatic heterocycles. The summed E-state index contributed by atoms with van der Waals surface area (Å²) >= 11 is 12.2. The lowest BCUT2D eigenvalue weighted by atomic mass is 10.1. The summed E-state index contributed by atoms with van der Waals surface area (Å²) < 4.78 is 10.0. The van der Waals surface area contributed by atoms with Gasteiger partial charge >= 0.3 is 5.97 Å². The molecule has 0 unspecified atom stereocenters. The summed E-state index contributed by atoms with van der Waals surface area (Å²) in [6.07, 6.45) is -0.464. The Kier molecular flexibility index (Phi) is 7.06. The Morgan fingerprint density at radius 3 is 2.58 bits per heavy atom. The van der Waals surface area contributed by atoms with Crippen molar-refractivity contribution in [2.45, 2.75) is 26.1 Å². The van der Waals surface area contributed by atoms with Gasteiger partial charge in [0.15, 0.2) is 0 Å². The second kappa shape index (κ2) is 8.86. The Labute approximate surface area is 163 Å². The zero-order valence-corrected chi connectivity index (χ0v) is 16.6. The maximum absolute atomic E-state index is 12.5. The lowest BCUT2D eigenvalue weighted by Crippen LogP contribution is -2.49. The molecule has 0 aliphatic carbocycles. The van der Waals surface area contributed by atoms with Crippen molar-refractivity contribution in [1.82, 2.24) is 10.2 Å². The molecule has 1 aromatic carbocycles. The van der Waals surface area contributed by atoms with Crippen LogP contribution in [0.4, 0.5) is 0 Å². The van der Waals surface area contributed by atoms with Crippen LogP contribution in [0.5, 0.6) is 0 Å². The lowest BCUT2D eigenvalue weighted by molar-refractivity contribution is -0.144. The number of methoxy groups -OCH3 is 2. The molecule has 1 amide bonds. The molecule has 2 rings (SSSR count). The number of nitrogens with one attached hydrogen (secondary N) is 1. The van der Waals surface area contributed by atoms with Gasteiger partial charge in [0.1, 0.15) is 12.2 Å². The van der Waals surface area contributed by atoms with E-state index in [9.17, 15) is 9.59 Å². The Morgan fingerprint density at radius 2 is 2.00 bits per heavy atom.